The number of carbonyl (C=O) groups excluding carboxylic acids is 3. The van der Waals surface area contributed by atoms with E-state index in [0.29, 0.717) is 31.3 Å². The average molecular weight is 717 g/mol. The van der Waals surface area contributed by atoms with Gasteiger partial charge in [-0.3, -0.25) is 19.3 Å². The minimum Gasteiger partial charge on any atom is -0.390 e. The first kappa shape index (κ1) is 38.2. The van der Waals surface area contributed by atoms with Gasteiger partial charge in [0, 0.05) is 31.5 Å². The number of piperidine rings is 1. The summed E-state index contributed by atoms with van der Waals surface area (Å²) in [7, 11) is -3.86. The first-order valence-electron chi connectivity index (χ1n) is 18.0. The number of sulfone groups is 1. The molecule has 0 spiro atoms. The molecule has 51 heavy (non-hydrogen) atoms. The zero-order valence-corrected chi connectivity index (χ0v) is 30.6. The molecule has 3 amide bonds. The molecule has 2 fully saturated rings. The Morgan fingerprint density at radius 1 is 0.843 bits per heavy atom. The summed E-state index contributed by atoms with van der Waals surface area (Å²) in [6, 6.07) is 24.7. The van der Waals surface area contributed by atoms with Crippen LogP contribution in [0.3, 0.4) is 0 Å². The molecule has 3 aromatic rings. The Bertz CT molecular complexity index is 1720. The van der Waals surface area contributed by atoms with Crippen LogP contribution >= 0.6 is 0 Å². The van der Waals surface area contributed by atoms with Gasteiger partial charge in [0.25, 0.3) is 5.91 Å². The van der Waals surface area contributed by atoms with Crippen LogP contribution in [0.2, 0.25) is 0 Å². The third-order valence-corrected chi connectivity index (χ3v) is 13.0. The van der Waals surface area contributed by atoms with Gasteiger partial charge in [-0.1, -0.05) is 98.1 Å². The van der Waals surface area contributed by atoms with Gasteiger partial charge in [0.2, 0.25) is 11.8 Å². The number of aliphatic hydroxyl groups excluding tert-OH is 1. The van der Waals surface area contributed by atoms with E-state index in [2.05, 4.69) is 20.9 Å². The van der Waals surface area contributed by atoms with Crippen molar-refractivity contribution in [3.05, 3.63) is 108 Å². The topological polar surface area (TPSA) is 145 Å². The van der Waals surface area contributed by atoms with Crippen LogP contribution < -0.4 is 16.0 Å². The van der Waals surface area contributed by atoms with E-state index >= 15 is 0 Å². The zero-order valence-electron chi connectivity index (χ0n) is 29.8. The standard InChI is InChI=1S/C40H52N4O6S/c1-40(2,51(3,49)50)36(43-37(46)30-19-11-6-12-20-30)39(48)42-33(23-28-15-7-4-8-16-28)35(45)27-44-26-32-22-14-13-21-31(32)24-34(44)38(47)41-25-29-17-9-5-10-18-29/h4-12,15-20,31-36,45H,13-14,21-27H2,1-3H3,(H,41,47)(H,42,48)(H,43,46)/t31-,32+,33?,34?,35?,36+/m0/s1. The molecule has 0 radical (unpaired) electrons. The van der Waals surface area contributed by atoms with Crippen LogP contribution in [0.15, 0.2) is 91.0 Å². The van der Waals surface area contributed by atoms with E-state index in [-0.39, 0.29) is 24.4 Å². The number of aliphatic hydroxyl groups is 1. The number of nitrogens with zero attached hydrogens (tertiary/aromatic N) is 1. The summed E-state index contributed by atoms with van der Waals surface area (Å²) in [6.45, 7) is 4.01. The van der Waals surface area contributed by atoms with Gasteiger partial charge in [0.05, 0.1) is 22.9 Å². The maximum absolute atomic E-state index is 14.2. The van der Waals surface area contributed by atoms with Gasteiger partial charge in [-0.2, -0.15) is 0 Å². The molecule has 274 valence electrons. The van der Waals surface area contributed by atoms with Crippen molar-refractivity contribution in [3.63, 3.8) is 0 Å². The summed E-state index contributed by atoms with van der Waals surface area (Å²) < 4.78 is 24.4. The van der Waals surface area contributed by atoms with E-state index in [1.807, 2.05) is 60.7 Å². The molecule has 5 rings (SSSR count). The number of carbonyl (C=O) groups is 3. The highest BCUT2D eigenvalue weighted by molar-refractivity contribution is 7.92. The Balaban J connectivity index is 1.39. The lowest BCUT2D eigenvalue weighted by atomic mass is 9.72. The second-order valence-electron chi connectivity index (χ2n) is 14.7. The molecular weight excluding hydrogens is 665 g/mol. The van der Waals surface area contributed by atoms with Gasteiger partial charge in [0.1, 0.15) is 6.04 Å². The molecule has 10 nitrogen and oxygen atoms in total. The quantitative estimate of drug-likeness (QED) is 0.198. The van der Waals surface area contributed by atoms with Crippen molar-refractivity contribution in [2.75, 3.05) is 19.3 Å². The molecule has 3 aromatic carbocycles. The predicted octanol–water partition coefficient (Wildman–Crippen LogP) is 3.89. The third-order valence-electron chi connectivity index (χ3n) is 10.9. The van der Waals surface area contributed by atoms with Crippen molar-refractivity contribution in [2.24, 2.45) is 11.8 Å². The summed E-state index contributed by atoms with van der Waals surface area (Å²) >= 11 is 0. The highest BCUT2D eigenvalue weighted by Crippen LogP contribution is 2.39. The third kappa shape index (κ3) is 9.84. The molecule has 6 atom stereocenters. The Morgan fingerprint density at radius 2 is 1.41 bits per heavy atom. The number of hydrogen-bond acceptors (Lipinski definition) is 7. The highest BCUT2D eigenvalue weighted by atomic mass is 32.2. The van der Waals surface area contributed by atoms with Crippen LogP contribution in [0.25, 0.3) is 0 Å². The monoisotopic (exact) mass is 716 g/mol. The first-order valence-corrected chi connectivity index (χ1v) is 19.9. The van der Waals surface area contributed by atoms with E-state index in [0.717, 1.165) is 43.1 Å². The van der Waals surface area contributed by atoms with Crippen LogP contribution in [0.5, 0.6) is 0 Å². The molecule has 1 heterocycles. The number of benzene rings is 3. The summed E-state index contributed by atoms with van der Waals surface area (Å²) in [5.74, 6) is -0.548. The molecule has 11 heteroatoms. The lowest BCUT2D eigenvalue weighted by Gasteiger charge is -2.46. The number of β-amino-alcohol motifs (C(OH)–C–C–N with tert-alkyl or cyclic N) is 1. The van der Waals surface area contributed by atoms with E-state index in [1.165, 1.54) is 13.8 Å². The van der Waals surface area contributed by atoms with Crippen molar-refractivity contribution in [3.8, 4) is 0 Å². The van der Waals surface area contributed by atoms with Crippen LogP contribution in [0.4, 0.5) is 0 Å². The van der Waals surface area contributed by atoms with E-state index in [1.54, 1.807) is 30.3 Å². The van der Waals surface area contributed by atoms with E-state index < -0.39 is 50.6 Å². The Labute approximate surface area is 302 Å². The van der Waals surface area contributed by atoms with Gasteiger partial charge < -0.3 is 21.1 Å². The first-order chi connectivity index (χ1) is 24.3. The Kier molecular flexibility index (Phi) is 12.7. The second kappa shape index (κ2) is 17.0. The lowest BCUT2D eigenvalue weighted by molar-refractivity contribution is -0.132. The molecule has 3 unspecified atom stereocenters. The van der Waals surface area contributed by atoms with Crippen molar-refractivity contribution < 1.29 is 27.9 Å². The van der Waals surface area contributed by atoms with Gasteiger partial charge in [-0.25, -0.2) is 8.42 Å². The van der Waals surface area contributed by atoms with Crippen molar-refractivity contribution in [1.29, 1.82) is 0 Å². The zero-order chi connectivity index (χ0) is 36.6. The molecular formula is C40H52N4O6S. The van der Waals surface area contributed by atoms with Gasteiger partial charge in [-0.05, 0) is 68.2 Å². The fraction of sp³-hybridized carbons (Fsp3) is 0.475. The van der Waals surface area contributed by atoms with Crippen LogP contribution in [-0.2, 0) is 32.4 Å². The smallest absolute Gasteiger partial charge is 0.251 e. The summed E-state index contributed by atoms with van der Waals surface area (Å²) in [6.07, 6.45) is 5.31. The summed E-state index contributed by atoms with van der Waals surface area (Å²) in [5.41, 5.74) is 2.14. The largest absolute Gasteiger partial charge is 0.390 e. The van der Waals surface area contributed by atoms with Crippen LogP contribution in [-0.4, -0.2) is 84.5 Å². The van der Waals surface area contributed by atoms with Gasteiger partial charge in [-0.15, -0.1) is 0 Å². The normalized spacial score (nSPS) is 21.4. The SMILES string of the molecule is CC(C)([C@H](NC(=O)c1ccccc1)C(=O)NC(Cc1ccccc1)C(O)CN1C[C@H]2CCCC[C@H]2CC1C(=O)NCc1ccccc1)S(C)(=O)=O. The number of nitrogens with one attached hydrogen (secondary N) is 3. The molecule has 1 aliphatic carbocycles. The highest BCUT2D eigenvalue weighted by Gasteiger charge is 2.46. The Hall–Kier alpha value is -4.06. The van der Waals surface area contributed by atoms with Crippen molar-refractivity contribution >= 4 is 27.6 Å². The number of likely N-dealkylation sites (tertiary alicyclic amines) is 1. The lowest BCUT2D eigenvalue weighted by Crippen LogP contribution is -2.64. The number of fused-ring (bicyclic) bond motifs is 1. The van der Waals surface area contributed by atoms with Crippen LogP contribution in [0.1, 0.15) is 67.4 Å². The van der Waals surface area contributed by atoms with Crippen LogP contribution in [0, 0.1) is 11.8 Å². The van der Waals surface area contributed by atoms with Crippen molar-refractivity contribution in [2.45, 2.75) is 87.9 Å². The van der Waals surface area contributed by atoms with Gasteiger partial charge in [0.15, 0.2) is 9.84 Å². The fourth-order valence-corrected chi connectivity index (χ4v) is 8.03. The molecule has 2 aliphatic rings. The number of hydrogen-bond donors (Lipinski definition) is 4. The minimum absolute atomic E-state index is 0.0858. The fourth-order valence-electron chi connectivity index (χ4n) is 7.43. The van der Waals surface area contributed by atoms with Gasteiger partial charge >= 0.3 is 0 Å². The minimum atomic E-state index is -3.86. The molecule has 1 aliphatic heterocycles. The molecule has 0 aromatic heterocycles. The maximum atomic E-state index is 14.2. The van der Waals surface area contributed by atoms with E-state index in [4.69, 9.17) is 0 Å². The molecule has 1 saturated carbocycles. The van der Waals surface area contributed by atoms with Crippen molar-refractivity contribution in [1.82, 2.24) is 20.9 Å². The Morgan fingerprint density at radius 3 is 2.02 bits per heavy atom. The maximum Gasteiger partial charge on any atom is 0.251 e. The summed E-state index contributed by atoms with van der Waals surface area (Å²) in [4.78, 5) is 43.3. The average Bonchev–Trinajstić information content (AvgIpc) is 3.12. The summed E-state index contributed by atoms with van der Waals surface area (Å²) in [5, 5.41) is 20.7. The predicted molar refractivity (Wildman–Crippen MR) is 198 cm³/mol. The number of rotatable bonds is 14. The molecule has 1 saturated heterocycles. The second-order valence-corrected chi connectivity index (χ2v) is 17.3. The molecule has 4 N–H and O–H groups in total. The molecule has 0 bridgehead atoms. The number of amides is 3. The van der Waals surface area contributed by atoms with E-state index in [9.17, 15) is 27.9 Å².